The minimum Gasteiger partial charge on any atom is -0.307 e. The topological polar surface area (TPSA) is 12.0 Å². The lowest BCUT2D eigenvalue weighted by Gasteiger charge is -2.27. The zero-order valence-corrected chi connectivity index (χ0v) is 14.0. The summed E-state index contributed by atoms with van der Waals surface area (Å²) in [6.07, 6.45) is 6.01. The molecule has 112 valence electrons. The zero-order chi connectivity index (χ0) is 14.7. The van der Waals surface area contributed by atoms with Gasteiger partial charge < -0.3 is 5.32 Å². The number of benzene rings is 1. The summed E-state index contributed by atoms with van der Waals surface area (Å²) in [5.74, 6) is 0. The smallest absolute Gasteiger partial charge is 0.0934 e. The molecule has 2 atom stereocenters. The van der Waals surface area contributed by atoms with Crippen LogP contribution in [0.5, 0.6) is 0 Å². The molecule has 1 aromatic carbocycles. The quantitative estimate of drug-likeness (QED) is 0.779. The molecule has 21 heavy (non-hydrogen) atoms. The average molecular weight is 320 g/mol. The molecule has 3 heteroatoms. The Hall–Kier alpha value is -0.830. The molecule has 0 saturated heterocycles. The third-order valence-electron chi connectivity index (χ3n) is 4.28. The van der Waals surface area contributed by atoms with E-state index in [0.29, 0.717) is 12.1 Å². The van der Waals surface area contributed by atoms with Gasteiger partial charge in [0.2, 0.25) is 0 Å². The maximum Gasteiger partial charge on any atom is 0.0934 e. The minimum atomic E-state index is 0.489. The summed E-state index contributed by atoms with van der Waals surface area (Å²) in [5.41, 5.74) is 2.87. The highest BCUT2D eigenvalue weighted by molar-refractivity contribution is 7.16. The lowest BCUT2D eigenvalue weighted by atomic mass is 9.93. The number of aryl methyl sites for hydroxylation is 2. The van der Waals surface area contributed by atoms with Gasteiger partial charge in [0.1, 0.15) is 0 Å². The first kappa shape index (κ1) is 15.1. The van der Waals surface area contributed by atoms with Gasteiger partial charge in [0.05, 0.1) is 4.34 Å². The Morgan fingerprint density at radius 3 is 2.95 bits per heavy atom. The molecule has 0 radical (unpaired) electrons. The van der Waals surface area contributed by atoms with Gasteiger partial charge in [-0.1, -0.05) is 41.9 Å². The van der Waals surface area contributed by atoms with Crippen LogP contribution in [0.4, 0.5) is 0 Å². The first-order chi connectivity index (χ1) is 10.2. The average Bonchev–Trinajstić information content (AvgIpc) is 2.88. The highest BCUT2D eigenvalue weighted by Crippen LogP contribution is 2.38. The van der Waals surface area contributed by atoms with Gasteiger partial charge in [-0.2, -0.15) is 0 Å². The highest BCUT2D eigenvalue weighted by atomic mass is 35.5. The molecule has 1 heterocycles. The second-order valence-electron chi connectivity index (χ2n) is 5.97. The Balaban J connectivity index is 1.57. The third-order valence-corrected chi connectivity index (χ3v) is 5.62. The summed E-state index contributed by atoms with van der Waals surface area (Å²) >= 11 is 7.94. The predicted molar refractivity (Wildman–Crippen MR) is 92.4 cm³/mol. The van der Waals surface area contributed by atoms with Crippen LogP contribution in [-0.4, -0.2) is 6.04 Å². The van der Waals surface area contributed by atoms with Gasteiger partial charge in [0.15, 0.2) is 0 Å². The standard InChI is InChI=1S/C18H22ClNS/c1-13(10-11-14-6-3-2-4-7-14)20-16-8-5-9-17-15(16)12-18(19)21-17/h2-4,6-7,12-13,16,20H,5,8-11H2,1H3. The summed E-state index contributed by atoms with van der Waals surface area (Å²) < 4.78 is 0.936. The summed E-state index contributed by atoms with van der Waals surface area (Å²) in [5, 5.41) is 3.81. The van der Waals surface area contributed by atoms with Crippen LogP contribution in [0.3, 0.4) is 0 Å². The molecule has 0 fully saturated rings. The van der Waals surface area contributed by atoms with Crippen LogP contribution in [0.2, 0.25) is 4.34 Å². The predicted octanol–water partition coefficient (Wildman–Crippen LogP) is 5.39. The SMILES string of the molecule is CC(CCc1ccccc1)NC1CCCc2sc(Cl)cc21. The molecule has 2 aromatic rings. The van der Waals surface area contributed by atoms with Gasteiger partial charge in [0.25, 0.3) is 0 Å². The second-order valence-corrected chi connectivity index (χ2v) is 7.73. The van der Waals surface area contributed by atoms with Gasteiger partial charge in [0, 0.05) is 17.0 Å². The maximum absolute atomic E-state index is 6.18. The molecule has 0 saturated carbocycles. The van der Waals surface area contributed by atoms with Crippen molar-refractivity contribution in [2.45, 2.75) is 51.1 Å². The normalized spacial score (nSPS) is 19.2. The van der Waals surface area contributed by atoms with Crippen LogP contribution in [0.15, 0.2) is 36.4 Å². The lowest BCUT2D eigenvalue weighted by Crippen LogP contribution is -2.32. The number of thiophene rings is 1. The van der Waals surface area contributed by atoms with Crippen LogP contribution < -0.4 is 5.32 Å². The molecule has 0 bridgehead atoms. The van der Waals surface area contributed by atoms with Gasteiger partial charge in [-0.3, -0.25) is 0 Å². The van der Waals surface area contributed by atoms with Gasteiger partial charge in [-0.25, -0.2) is 0 Å². The maximum atomic E-state index is 6.18. The van der Waals surface area contributed by atoms with E-state index in [-0.39, 0.29) is 0 Å². The van der Waals surface area contributed by atoms with Crippen molar-refractivity contribution < 1.29 is 0 Å². The molecule has 1 nitrogen and oxygen atoms in total. The van der Waals surface area contributed by atoms with Crippen molar-refractivity contribution in [3.05, 3.63) is 56.7 Å². The highest BCUT2D eigenvalue weighted by Gasteiger charge is 2.23. The Morgan fingerprint density at radius 1 is 1.33 bits per heavy atom. The number of halogens is 1. The fourth-order valence-electron chi connectivity index (χ4n) is 3.15. The summed E-state index contributed by atoms with van der Waals surface area (Å²) in [6.45, 7) is 2.30. The van der Waals surface area contributed by atoms with Crippen LogP contribution in [0, 0.1) is 0 Å². The first-order valence-electron chi connectivity index (χ1n) is 7.80. The molecule has 0 aliphatic heterocycles. The van der Waals surface area contributed by atoms with Crippen LogP contribution in [0.25, 0.3) is 0 Å². The number of rotatable bonds is 5. The van der Waals surface area contributed by atoms with E-state index in [4.69, 9.17) is 11.6 Å². The monoisotopic (exact) mass is 319 g/mol. The number of nitrogens with one attached hydrogen (secondary N) is 1. The molecule has 3 rings (SSSR count). The molecule has 1 aliphatic rings. The number of fused-ring (bicyclic) bond motifs is 1. The van der Waals surface area contributed by atoms with Crippen molar-refractivity contribution in [3.8, 4) is 0 Å². The van der Waals surface area contributed by atoms with Gasteiger partial charge in [-0.15, -0.1) is 11.3 Å². The van der Waals surface area contributed by atoms with Crippen molar-refractivity contribution in [1.29, 1.82) is 0 Å². The van der Waals surface area contributed by atoms with E-state index in [9.17, 15) is 0 Å². The van der Waals surface area contributed by atoms with E-state index in [2.05, 4.69) is 48.6 Å². The minimum absolute atomic E-state index is 0.489. The van der Waals surface area contributed by atoms with E-state index >= 15 is 0 Å². The zero-order valence-electron chi connectivity index (χ0n) is 12.4. The van der Waals surface area contributed by atoms with Crippen molar-refractivity contribution >= 4 is 22.9 Å². The van der Waals surface area contributed by atoms with E-state index in [1.165, 1.54) is 41.7 Å². The molecule has 0 spiro atoms. The molecule has 2 unspecified atom stereocenters. The number of hydrogen-bond donors (Lipinski definition) is 1. The Kier molecular flexibility index (Phi) is 4.99. The first-order valence-corrected chi connectivity index (χ1v) is 9.00. The van der Waals surface area contributed by atoms with Crippen molar-refractivity contribution in [2.75, 3.05) is 0 Å². The molecule has 0 amide bonds. The molecular weight excluding hydrogens is 298 g/mol. The summed E-state index contributed by atoms with van der Waals surface area (Å²) in [7, 11) is 0. The number of hydrogen-bond acceptors (Lipinski definition) is 2. The fourth-order valence-corrected chi connectivity index (χ4v) is 4.53. The van der Waals surface area contributed by atoms with Gasteiger partial charge >= 0.3 is 0 Å². The van der Waals surface area contributed by atoms with Crippen LogP contribution >= 0.6 is 22.9 Å². The third kappa shape index (κ3) is 3.88. The summed E-state index contributed by atoms with van der Waals surface area (Å²) in [4.78, 5) is 1.49. The Morgan fingerprint density at radius 2 is 2.14 bits per heavy atom. The van der Waals surface area contributed by atoms with Crippen molar-refractivity contribution in [2.24, 2.45) is 0 Å². The Bertz CT molecular complexity index is 578. The van der Waals surface area contributed by atoms with E-state index in [1.807, 2.05) is 0 Å². The molecule has 1 aromatic heterocycles. The summed E-state index contributed by atoms with van der Waals surface area (Å²) in [6, 6.07) is 13.9. The van der Waals surface area contributed by atoms with Gasteiger partial charge in [-0.05, 0) is 56.2 Å². The van der Waals surface area contributed by atoms with E-state index < -0.39 is 0 Å². The second kappa shape index (κ2) is 6.95. The Labute approximate surface area is 136 Å². The van der Waals surface area contributed by atoms with Crippen molar-refractivity contribution in [3.63, 3.8) is 0 Å². The van der Waals surface area contributed by atoms with Crippen LogP contribution in [0.1, 0.15) is 48.2 Å². The molecule has 1 aliphatic carbocycles. The van der Waals surface area contributed by atoms with Crippen LogP contribution in [-0.2, 0) is 12.8 Å². The van der Waals surface area contributed by atoms with E-state index in [1.54, 1.807) is 11.3 Å². The lowest BCUT2D eigenvalue weighted by molar-refractivity contribution is 0.398. The largest absolute Gasteiger partial charge is 0.307 e. The molecular formula is C18H22ClNS. The fraction of sp³-hybridized carbons (Fsp3) is 0.444. The molecule has 1 N–H and O–H groups in total. The van der Waals surface area contributed by atoms with Crippen molar-refractivity contribution in [1.82, 2.24) is 5.32 Å². The van der Waals surface area contributed by atoms with E-state index in [0.717, 1.165) is 10.8 Å².